The first-order chi connectivity index (χ1) is 10.8. The van der Waals surface area contributed by atoms with E-state index >= 15 is 0 Å². The molecule has 23 heavy (non-hydrogen) atoms. The molecule has 0 aliphatic carbocycles. The summed E-state index contributed by atoms with van der Waals surface area (Å²) in [5.41, 5.74) is 3.00. The van der Waals surface area contributed by atoms with Gasteiger partial charge in [0.25, 0.3) is 0 Å². The minimum atomic E-state index is 0. The highest BCUT2D eigenvalue weighted by atomic mass is 35.5. The van der Waals surface area contributed by atoms with Gasteiger partial charge in [-0.2, -0.15) is 5.26 Å². The highest BCUT2D eigenvalue weighted by Gasteiger charge is 2.18. The van der Waals surface area contributed by atoms with E-state index < -0.39 is 0 Å². The van der Waals surface area contributed by atoms with Crippen LogP contribution in [-0.2, 0) is 6.54 Å². The van der Waals surface area contributed by atoms with Gasteiger partial charge in [-0.1, -0.05) is 35.9 Å². The number of hydrogen-bond donors (Lipinski definition) is 0. The summed E-state index contributed by atoms with van der Waals surface area (Å²) in [6.45, 7) is 4.93. The van der Waals surface area contributed by atoms with E-state index in [2.05, 4.69) is 40.1 Å². The zero-order valence-electron chi connectivity index (χ0n) is 12.8. The van der Waals surface area contributed by atoms with Gasteiger partial charge in [0.1, 0.15) is 0 Å². The van der Waals surface area contributed by atoms with Crippen molar-refractivity contribution < 1.29 is 0 Å². The molecule has 0 N–H and O–H groups in total. The predicted octanol–water partition coefficient (Wildman–Crippen LogP) is 3.96. The molecule has 0 unspecified atom stereocenters. The van der Waals surface area contributed by atoms with Crippen LogP contribution in [0, 0.1) is 11.3 Å². The van der Waals surface area contributed by atoms with Gasteiger partial charge in [-0.15, -0.1) is 12.4 Å². The molecule has 5 heteroatoms. The number of nitrogens with zero attached hydrogens (tertiary/aromatic N) is 3. The van der Waals surface area contributed by atoms with Crippen LogP contribution in [0.2, 0.25) is 5.02 Å². The summed E-state index contributed by atoms with van der Waals surface area (Å²) >= 11 is 6.26. The summed E-state index contributed by atoms with van der Waals surface area (Å²) in [5, 5.41) is 9.57. The maximum Gasteiger partial charge on any atom is 0.0992 e. The third kappa shape index (κ3) is 4.39. The number of hydrogen-bond acceptors (Lipinski definition) is 3. The maximum absolute atomic E-state index is 8.89. The van der Waals surface area contributed by atoms with Crippen molar-refractivity contribution in [3.8, 4) is 6.07 Å². The zero-order valence-corrected chi connectivity index (χ0v) is 14.4. The van der Waals surface area contributed by atoms with E-state index in [4.69, 9.17) is 16.9 Å². The summed E-state index contributed by atoms with van der Waals surface area (Å²) < 4.78 is 0. The molecule has 1 aliphatic rings. The maximum atomic E-state index is 8.89. The van der Waals surface area contributed by atoms with E-state index in [0.717, 1.165) is 38.3 Å². The lowest BCUT2D eigenvalue weighted by Gasteiger charge is -2.36. The summed E-state index contributed by atoms with van der Waals surface area (Å²) in [6, 6.07) is 18.2. The molecule has 3 rings (SSSR count). The van der Waals surface area contributed by atoms with Gasteiger partial charge in [0, 0.05) is 43.4 Å². The van der Waals surface area contributed by atoms with Gasteiger partial charge in [0.05, 0.1) is 11.6 Å². The Labute approximate surface area is 148 Å². The van der Waals surface area contributed by atoms with Crippen LogP contribution in [0.3, 0.4) is 0 Å². The molecule has 0 amide bonds. The molecule has 0 bridgehead atoms. The minimum absolute atomic E-state index is 0. The lowest BCUT2D eigenvalue weighted by molar-refractivity contribution is 0.250. The van der Waals surface area contributed by atoms with Crippen molar-refractivity contribution >= 4 is 29.7 Å². The van der Waals surface area contributed by atoms with Crippen molar-refractivity contribution in [3.05, 3.63) is 64.7 Å². The zero-order chi connectivity index (χ0) is 15.4. The van der Waals surface area contributed by atoms with Crippen molar-refractivity contribution in [2.45, 2.75) is 6.54 Å². The second-order valence-electron chi connectivity index (χ2n) is 5.52. The molecule has 1 saturated heterocycles. The summed E-state index contributed by atoms with van der Waals surface area (Å²) in [4.78, 5) is 4.82. The molecule has 1 aliphatic heterocycles. The fourth-order valence-corrected chi connectivity index (χ4v) is 3.03. The molecule has 1 fully saturated rings. The highest BCUT2D eigenvalue weighted by Crippen LogP contribution is 2.21. The number of benzene rings is 2. The van der Waals surface area contributed by atoms with Gasteiger partial charge in [0.15, 0.2) is 0 Å². The van der Waals surface area contributed by atoms with Gasteiger partial charge in [-0.3, -0.25) is 4.90 Å². The summed E-state index contributed by atoms with van der Waals surface area (Å²) in [7, 11) is 0. The van der Waals surface area contributed by atoms with Gasteiger partial charge >= 0.3 is 0 Å². The Hall–Kier alpha value is -1.73. The van der Waals surface area contributed by atoms with Gasteiger partial charge in [-0.05, 0) is 29.8 Å². The first-order valence-corrected chi connectivity index (χ1v) is 7.85. The molecule has 1 heterocycles. The van der Waals surface area contributed by atoms with Crippen LogP contribution < -0.4 is 4.90 Å². The molecule has 0 atom stereocenters. The van der Waals surface area contributed by atoms with Gasteiger partial charge < -0.3 is 4.90 Å². The summed E-state index contributed by atoms with van der Waals surface area (Å²) in [5.74, 6) is 0. The molecular formula is C18H19Cl2N3. The average molecular weight is 348 g/mol. The number of nitriles is 1. The third-order valence-corrected chi connectivity index (χ3v) is 4.42. The molecule has 3 nitrogen and oxygen atoms in total. The third-order valence-electron chi connectivity index (χ3n) is 4.07. The Morgan fingerprint density at radius 1 is 1.00 bits per heavy atom. The molecule has 2 aromatic carbocycles. The topological polar surface area (TPSA) is 30.3 Å². The Morgan fingerprint density at radius 3 is 2.30 bits per heavy atom. The van der Waals surface area contributed by atoms with Crippen LogP contribution in [0.1, 0.15) is 11.1 Å². The van der Waals surface area contributed by atoms with E-state index in [-0.39, 0.29) is 12.4 Å². The van der Waals surface area contributed by atoms with Crippen LogP contribution in [0.4, 0.5) is 5.69 Å². The number of piperazine rings is 1. The molecule has 0 aromatic heterocycles. The lowest BCUT2D eigenvalue weighted by Crippen LogP contribution is -2.45. The Balaban J connectivity index is 0.00000192. The second kappa shape index (κ2) is 8.21. The van der Waals surface area contributed by atoms with E-state index in [1.807, 2.05) is 18.2 Å². The van der Waals surface area contributed by atoms with E-state index in [1.54, 1.807) is 6.07 Å². The molecule has 0 saturated carbocycles. The Bertz CT molecular complexity index is 674. The molecule has 0 spiro atoms. The number of anilines is 1. The molecular weight excluding hydrogens is 329 g/mol. The molecule has 120 valence electrons. The summed E-state index contributed by atoms with van der Waals surface area (Å²) in [6.07, 6.45) is 0. The van der Waals surface area contributed by atoms with Crippen LogP contribution in [0.5, 0.6) is 0 Å². The fourth-order valence-electron chi connectivity index (χ4n) is 2.79. The van der Waals surface area contributed by atoms with E-state index in [9.17, 15) is 0 Å². The van der Waals surface area contributed by atoms with Crippen LogP contribution >= 0.6 is 24.0 Å². The quantitative estimate of drug-likeness (QED) is 0.841. The Kier molecular flexibility index (Phi) is 6.29. The average Bonchev–Trinajstić information content (AvgIpc) is 2.58. The standard InChI is InChI=1S/C18H18ClN3.ClH/c19-18-12-15(13-20)6-7-16(18)14-21-8-10-22(11-9-21)17-4-2-1-3-5-17;/h1-7,12H,8-11,14H2;1H. The number of halogens is 2. The molecule has 2 aromatic rings. The van der Waals surface area contributed by atoms with E-state index in [1.165, 1.54) is 5.69 Å². The normalized spacial score (nSPS) is 14.9. The van der Waals surface area contributed by atoms with Crippen molar-refractivity contribution in [1.29, 1.82) is 5.26 Å². The minimum Gasteiger partial charge on any atom is -0.369 e. The SMILES string of the molecule is Cl.N#Cc1ccc(CN2CCN(c3ccccc3)CC2)c(Cl)c1. The van der Waals surface area contributed by atoms with Crippen LogP contribution in [0.25, 0.3) is 0 Å². The van der Waals surface area contributed by atoms with Crippen molar-refractivity contribution in [3.63, 3.8) is 0 Å². The van der Waals surface area contributed by atoms with Crippen LogP contribution in [-0.4, -0.2) is 31.1 Å². The second-order valence-corrected chi connectivity index (χ2v) is 5.92. The monoisotopic (exact) mass is 347 g/mol. The highest BCUT2D eigenvalue weighted by molar-refractivity contribution is 6.31. The molecule has 0 radical (unpaired) electrons. The predicted molar refractivity (Wildman–Crippen MR) is 97.3 cm³/mol. The van der Waals surface area contributed by atoms with E-state index in [0.29, 0.717) is 10.6 Å². The number of rotatable bonds is 3. The fraction of sp³-hybridized carbons (Fsp3) is 0.278. The number of para-hydroxylation sites is 1. The smallest absolute Gasteiger partial charge is 0.0992 e. The van der Waals surface area contributed by atoms with Gasteiger partial charge in [-0.25, -0.2) is 0 Å². The largest absolute Gasteiger partial charge is 0.369 e. The van der Waals surface area contributed by atoms with Crippen LogP contribution in [0.15, 0.2) is 48.5 Å². The van der Waals surface area contributed by atoms with Crippen molar-refractivity contribution in [1.82, 2.24) is 4.90 Å². The van der Waals surface area contributed by atoms with Gasteiger partial charge in [0.2, 0.25) is 0 Å². The first-order valence-electron chi connectivity index (χ1n) is 7.47. The first kappa shape index (κ1) is 17.6. The van der Waals surface area contributed by atoms with Crippen molar-refractivity contribution in [2.24, 2.45) is 0 Å². The van der Waals surface area contributed by atoms with Crippen molar-refractivity contribution in [2.75, 3.05) is 31.1 Å². The Morgan fingerprint density at radius 2 is 1.70 bits per heavy atom. The lowest BCUT2D eigenvalue weighted by atomic mass is 10.1.